The van der Waals surface area contributed by atoms with Crippen molar-refractivity contribution in [3.05, 3.63) is 99.5 Å². The van der Waals surface area contributed by atoms with Gasteiger partial charge < -0.3 is 10.6 Å². The van der Waals surface area contributed by atoms with Gasteiger partial charge in [0.2, 0.25) is 0 Å². The minimum Gasteiger partial charge on any atom is -0.321 e. The molecule has 2 aromatic carbocycles. The van der Waals surface area contributed by atoms with Crippen LogP contribution in [0.25, 0.3) is 6.08 Å². The van der Waals surface area contributed by atoms with Crippen LogP contribution >= 0.6 is 22.6 Å². The summed E-state index contributed by atoms with van der Waals surface area (Å²) in [6.45, 7) is 0. The number of benzene rings is 2. The Kier molecular flexibility index (Phi) is 6.32. The van der Waals surface area contributed by atoms with Gasteiger partial charge in [-0.25, -0.2) is 0 Å². The maximum absolute atomic E-state index is 12.8. The number of hydrogen-bond acceptors (Lipinski definition) is 3. The third kappa shape index (κ3) is 5.49. The summed E-state index contributed by atoms with van der Waals surface area (Å²) >= 11 is 2.19. The summed E-state index contributed by atoms with van der Waals surface area (Å²) in [4.78, 5) is 29.3. The predicted octanol–water partition coefficient (Wildman–Crippen LogP) is 4.10. The van der Waals surface area contributed by atoms with Gasteiger partial charge in [-0.15, -0.1) is 0 Å². The van der Waals surface area contributed by atoms with Gasteiger partial charge in [0, 0.05) is 27.2 Å². The number of amides is 2. The monoisotopic (exact) mass is 469 g/mol. The van der Waals surface area contributed by atoms with Crippen molar-refractivity contribution in [1.29, 1.82) is 0 Å². The van der Waals surface area contributed by atoms with E-state index in [1.807, 2.05) is 18.2 Å². The zero-order valence-electron chi connectivity index (χ0n) is 14.2. The van der Waals surface area contributed by atoms with Crippen molar-refractivity contribution < 1.29 is 9.59 Å². The lowest BCUT2D eigenvalue weighted by molar-refractivity contribution is -0.113. The molecule has 0 aliphatic rings. The van der Waals surface area contributed by atoms with Crippen LogP contribution in [0.2, 0.25) is 0 Å². The number of carbonyl (C=O) groups excluding carboxylic acids is 2. The van der Waals surface area contributed by atoms with E-state index in [0.717, 1.165) is 3.57 Å². The summed E-state index contributed by atoms with van der Waals surface area (Å²) in [6.07, 6.45) is 4.86. The second-order valence-electron chi connectivity index (χ2n) is 5.63. The molecule has 2 N–H and O–H groups in total. The molecule has 3 rings (SSSR count). The topological polar surface area (TPSA) is 71.1 Å². The molecule has 5 nitrogen and oxygen atoms in total. The number of carbonyl (C=O) groups is 2. The van der Waals surface area contributed by atoms with Crippen LogP contribution in [0.5, 0.6) is 0 Å². The van der Waals surface area contributed by atoms with E-state index in [9.17, 15) is 9.59 Å². The molecule has 0 saturated carbocycles. The number of rotatable bonds is 5. The van der Waals surface area contributed by atoms with Crippen LogP contribution in [0.4, 0.5) is 5.69 Å². The summed E-state index contributed by atoms with van der Waals surface area (Å²) in [7, 11) is 0. The number of hydrogen-bond donors (Lipinski definition) is 2. The summed E-state index contributed by atoms with van der Waals surface area (Å²) in [5.41, 5.74) is 1.96. The number of halogens is 1. The largest absolute Gasteiger partial charge is 0.321 e. The van der Waals surface area contributed by atoms with Gasteiger partial charge in [-0.05, 0) is 76.7 Å². The molecule has 0 fully saturated rings. The molecule has 2 amide bonds. The van der Waals surface area contributed by atoms with E-state index in [1.165, 1.54) is 0 Å². The minimum atomic E-state index is -0.413. The van der Waals surface area contributed by atoms with Gasteiger partial charge in [0.05, 0.1) is 0 Å². The Bertz CT molecular complexity index is 956. The van der Waals surface area contributed by atoms with Crippen molar-refractivity contribution >= 4 is 46.2 Å². The molecule has 1 heterocycles. The first-order valence-corrected chi connectivity index (χ1v) is 9.25. The maximum atomic E-state index is 12.8. The van der Waals surface area contributed by atoms with Crippen LogP contribution in [0.1, 0.15) is 15.9 Å². The smallest absolute Gasteiger partial charge is 0.272 e. The third-order valence-electron chi connectivity index (χ3n) is 3.63. The van der Waals surface area contributed by atoms with E-state index in [1.54, 1.807) is 67.0 Å². The summed E-state index contributed by atoms with van der Waals surface area (Å²) < 4.78 is 1.06. The van der Waals surface area contributed by atoms with Crippen molar-refractivity contribution in [2.75, 3.05) is 5.32 Å². The zero-order chi connectivity index (χ0) is 19.1. The van der Waals surface area contributed by atoms with Crippen molar-refractivity contribution in [1.82, 2.24) is 10.3 Å². The first kappa shape index (κ1) is 18.8. The molecule has 134 valence electrons. The molecular formula is C21H16IN3O2. The fourth-order valence-corrected chi connectivity index (χ4v) is 2.66. The van der Waals surface area contributed by atoms with Gasteiger partial charge in [0.1, 0.15) is 5.70 Å². The van der Waals surface area contributed by atoms with Gasteiger partial charge >= 0.3 is 0 Å². The first-order chi connectivity index (χ1) is 13.1. The Morgan fingerprint density at radius 2 is 1.67 bits per heavy atom. The third-order valence-corrected chi connectivity index (χ3v) is 4.35. The van der Waals surface area contributed by atoms with Crippen LogP contribution < -0.4 is 10.6 Å². The van der Waals surface area contributed by atoms with Crippen LogP contribution in [-0.4, -0.2) is 16.8 Å². The van der Waals surface area contributed by atoms with E-state index in [0.29, 0.717) is 16.8 Å². The van der Waals surface area contributed by atoms with Gasteiger partial charge in [-0.3, -0.25) is 14.6 Å². The van der Waals surface area contributed by atoms with Gasteiger partial charge in [-0.1, -0.05) is 24.3 Å². The van der Waals surface area contributed by atoms with Crippen LogP contribution in [0.3, 0.4) is 0 Å². The molecule has 0 aliphatic carbocycles. The van der Waals surface area contributed by atoms with Crippen LogP contribution in [-0.2, 0) is 4.79 Å². The molecule has 0 saturated heterocycles. The highest BCUT2D eigenvalue weighted by molar-refractivity contribution is 14.1. The molecular weight excluding hydrogens is 453 g/mol. The second-order valence-corrected chi connectivity index (χ2v) is 6.87. The molecule has 0 atom stereocenters. The van der Waals surface area contributed by atoms with E-state index < -0.39 is 5.91 Å². The Morgan fingerprint density at radius 1 is 0.926 bits per heavy atom. The van der Waals surface area contributed by atoms with E-state index in [-0.39, 0.29) is 11.6 Å². The standard InChI is InChI=1S/C21H16IN3O2/c22-17-8-10-18(11-9-17)24-21(27)19(13-15-5-4-12-23-14-15)25-20(26)16-6-2-1-3-7-16/h1-14H,(H,24,27)(H,25,26)/b19-13+. The molecule has 3 aromatic rings. The highest BCUT2D eigenvalue weighted by Gasteiger charge is 2.15. The Hall–Kier alpha value is -3.00. The number of anilines is 1. The molecule has 6 heteroatoms. The van der Waals surface area contributed by atoms with Crippen molar-refractivity contribution in [3.8, 4) is 0 Å². The van der Waals surface area contributed by atoms with Gasteiger partial charge in [-0.2, -0.15) is 0 Å². The fraction of sp³-hybridized carbons (Fsp3) is 0. The average Bonchev–Trinajstić information content (AvgIpc) is 2.70. The number of pyridine rings is 1. The Balaban J connectivity index is 1.85. The van der Waals surface area contributed by atoms with E-state index >= 15 is 0 Å². The van der Waals surface area contributed by atoms with E-state index in [4.69, 9.17) is 0 Å². The Labute approximate surface area is 170 Å². The normalized spacial score (nSPS) is 10.9. The van der Waals surface area contributed by atoms with Crippen molar-refractivity contribution in [2.45, 2.75) is 0 Å². The lowest BCUT2D eigenvalue weighted by atomic mass is 10.2. The minimum absolute atomic E-state index is 0.135. The van der Waals surface area contributed by atoms with Crippen molar-refractivity contribution in [3.63, 3.8) is 0 Å². The summed E-state index contributed by atoms with van der Waals surface area (Å²) in [5, 5.41) is 5.49. The quantitative estimate of drug-likeness (QED) is 0.437. The Morgan fingerprint density at radius 3 is 2.33 bits per heavy atom. The summed E-state index contributed by atoms with van der Waals surface area (Å²) in [5.74, 6) is -0.771. The lowest BCUT2D eigenvalue weighted by Crippen LogP contribution is -2.30. The number of aromatic nitrogens is 1. The lowest BCUT2D eigenvalue weighted by Gasteiger charge is -2.11. The number of nitrogens with zero attached hydrogens (tertiary/aromatic N) is 1. The molecule has 0 spiro atoms. The van der Waals surface area contributed by atoms with Gasteiger partial charge in [0.15, 0.2) is 0 Å². The maximum Gasteiger partial charge on any atom is 0.272 e. The molecule has 0 bridgehead atoms. The van der Waals surface area contributed by atoms with Crippen LogP contribution in [0.15, 0.2) is 84.8 Å². The SMILES string of the molecule is O=C(Nc1ccc(I)cc1)/C(=C\c1cccnc1)NC(=O)c1ccccc1. The molecule has 0 aliphatic heterocycles. The summed E-state index contributed by atoms with van der Waals surface area (Å²) in [6, 6.07) is 19.7. The highest BCUT2D eigenvalue weighted by Crippen LogP contribution is 2.13. The van der Waals surface area contributed by atoms with Crippen LogP contribution in [0, 0.1) is 3.57 Å². The van der Waals surface area contributed by atoms with Gasteiger partial charge in [0.25, 0.3) is 11.8 Å². The predicted molar refractivity (Wildman–Crippen MR) is 114 cm³/mol. The first-order valence-electron chi connectivity index (χ1n) is 8.17. The fourth-order valence-electron chi connectivity index (χ4n) is 2.30. The molecule has 1 aromatic heterocycles. The second kappa shape index (κ2) is 9.09. The average molecular weight is 469 g/mol. The molecule has 0 unspecified atom stereocenters. The molecule has 27 heavy (non-hydrogen) atoms. The highest BCUT2D eigenvalue weighted by atomic mass is 127. The van der Waals surface area contributed by atoms with E-state index in [2.05, 4.69) is 38.2 Å². The molecule has 0 radical (unpaired) electrons. The number of nitrogens with one attached hydrogen (secondary N) is 2. The van der Waals surface area contributed by atoms with Crippen molar-refractivity contribution in [2.24, 2.45) is 0 Å². The zero-order valence-corrected chi connectivity index (χ0v) is 16.4.